The standard InChI is InChI=1S/C17H16O2/c1-19-14-9-7-12(8-10-14)15-11-16(15)17(18)13-5-3-2-4-6-13/h2-10,15-16H,11H2,1H3/t15-,16-/m1/s1. The average Bonchev–Trinajstić information content (AvgIpc) is 3.28. The van der Waals surface area contributed by atoms with Crippen LogP contribution in [0.25, 0.3) is 0 Å². The Hall–Kier alpha value is -2.09. The first-order chi connectivity index (χ1) is 9.29. The highest BCUT2D eigenvalue weighted by Gasteiger charge is 2.43. The van der Waals surface area contributed by atoms with E-state index >= 15 is 0 Å². The van der Waals surface area contributed by atoms with Crippen LogP contribution in [-0.4, -0.2) is 12.9 Å². The van der Waals surface area contributed by atoms with E-state index in [1.807, 2.05) is 42.5 Å². The predicted molar refractivity (Wildman–Crippen MR) is 74.6 cm³/mol. The van der Waals surface area contributed by atoms with Crippen molar-refractivity contribution in [2.24, 2.45) is 5.92 Å². The first-order valence-electron chi connectivity index (χ1n) is 6.53. The molecule has 2 aromatic carbocycles. The quantitative estimate of drug-likeness (QED) is 0.776. The maximum Gasteiger partial charge on any atom is 0.166 e. The molecule has 2 aromatic rings. The summed E-state index contributed by atoms with van der Waals surface area (Å²) in [6, 6.07) is 17.6. The van der Waals surface area contributed by atoms with Gasteiger partial charge in [-0.2, -0.15) is 0 Å². The van der Waals surface area contributed by atoms with E-state index in [1.54, 1.807) is 7.11 Å². The SMILES string of the molecule is COc1ccc([C@H]2C[C@H]2C(=O)c2ccccc2)cc1. The van der Waals surface area contributed by atoms with Crippen molar-refractivity contribution in [3.63, 3.8) is 0 Å². The summed E-state index contributed by atoms with van der Waals surface area (Å²) in [7, 11) is 1.66. The summed E-state index contributed by atoms with van der Waals surface area (Å²) < 4.78 is 5.15. The van der Waals surface area contributed by atoms with Crippen molar-refractivity contribution in [1.29, 1.82) is 0 Å². The third-order valence-electron chi connectivity index (χ3n) is 3.73. The molecule has 1 saturated carbocycles. The Morgan fingerprint density at radius 3 is 2.37 bits per heavy atom. The van der Waals surface area contributed by atoms with E-state index in [4.69, 9.17) is 4.74 Å². The Morgan fingerprint density at radius 1 is 1.05 bits per heavy atom. The highest BCUT2D eigenvalue weighted by atomic mass is 16.5. The number of methoxy groups -OCH3 is 1. The highest BCUT2D eigenvalue weighted by Crippen LogP contribution is 2.49. The van der Waals surface area contributed by atoms with Crippen LogP contribution in [0.1, 0.15) is 28.3 Å². The molecule has 0 heterocycles. The minimum atomic E-state index is 0.149. The minimum absolute atomic E-state index is 0.149. The number of carbonyl (C=O) groups excluding carboxylic acids is 1. The van der Waals surface area contributed by atoms with Crippen molar-refractivity contribution in [2.45, 2.75) is 12.3 Å². The van der Waals surface area contributed by atoms with Gasteiger partial charge in [-0.15, -0.1) is 0 Å². The van der Waals surface area contributed by atoms with Crippen LogP contribution < -0.4 is 4.74 Å². The Labute approximate surface area is 113 Å². The normalized spacial score (nSPS) is 20.9. The lowest BCUT2D eigenvalue weighted by Crippen LogP contribution is -2.02. The summed E-state index contributed by atoms with van der Waals surface area (Å²) in [5, 5.41) is 0. The van der Waals surface area contributed by atoms with E-state index in [-0.39, 0.29) is 11.7 Å². The van der Waals surface area contributed by atoms with E-state index in [0.29, 0.717) is 5.92 Å². The molecule has 2 heteroatoms. The van der Waals surface area contributed by atoms with Crippen LogP contribution in [0.3, 0.4) is 0 Å². The molecule has 0 amide bonds. The van der Waals surface area contributed by atoms with Crippen molar-refractivity contribution in [3.8, 4) is 5.75 Å². The smallest absolute Gasteiger partial charge is 0.166 e. The van der Waals surface area contributed by atoms with Crippen molar-refractivity contribution in [1.82, 2.24) is 0 Å². The van der Waals surface area contributed by atoms with Crippen LogP contribution in [0.4, 0.5) is 0 Å². The molecule has 0 unspecified atom stereocenters. The molecule has 1 aliphatic rings. The molecule has 0 saturated heterocycles. The number of Topliss-reactive ketones (excluding diaryl/α,β-unsaturated/α-hetero) is 1. The highest BCUT2D eigenvalue weighted by molar-refractivity contribution is 6.00. The van der Waals surface area contributed by atoms with Crippen molar-refractivity contribution < 1.29 is 9.53 Å². The number of carbonyl (C=O) groups is 1. The van der Waals surface area contributed by atoms with E-state index in [9.17, 15) is 4.79 Å². The van der Waals surface area contributed by atoms with E-state index in [0.717, 1.165) is 17.7 Å². The second kappa shape index (κ2) is 4.88. The van der Waals surface area contributed by atoms with Crippen LogP contribution in [0, 0.1) is 5.92 Å². The predicted octanol–water partition coefficient (Wildman–Crippen LogP) is 3.68. The zero-order chi connectivity index (χ0) is 13.2. The summed E-state index contributed by atoms with van der Waals surface area (Å²) in [5.74, 6) is 1.64. The number of hydrogen-bond acceptors (Lipinski definition) is 2. The lowest BCUT2D eigenvalue weighted by atomic mass is 10.0. The van der Waals surface area contributed by atoms with Gasteiger partial charge in [-0.3, -0.25) is 4.79 Å². The molecule has 3 rings (SSSR count). The summed E-state index contributed by atoms with van der Waals surface area (Å²) in [6.45, 7) is 0. The van der Waals surface area contributed by atoms with Gasteiger partial charge in [-0.1, -0.05) is 42.5 Å². The number of rotatable bonds is 4. The van der Waals surface area contributed by atoms with Gasteiger partial charge in [0.05, 0.1) is 7.11 Å². The van der Waals surface area contributed by atoms with Crippen molar-refractivity contribution in [3.05, 3.63) is 65.7 Å². The van der Waals surface area contributed by atoms with Gasteiger partial charge in [0.15, 0.2) is 5.78 Å². The first kappa shape index (κ1) is 12.0. The number of benzene rings is 2. The molecular weight excluding hydrogens is 236 g/mol. The minimum Gasteiger partial charge on any atom is -0.497 e. The maximum absolute atomic E-state index is 12.3. The Kier molecular flexibility index (Phi) is 3.08. The molecule has 19 heavy (non-hydrogen) atoms. The van der Waals surface area contributed by atoms with Gasteiger partial charge in [0.2, 0.25) is 0 Å². The number of ketones is 1. The summed E-state index contributed by atoms with van der Waals surface area (Å²) in [5.41, 5.74) is 2.05. The van der Waals surface area contributed by atoms with Crippen molar-refractivity contribution in [2.75, 3.05) is 7.11 Å². The lowest BCUT2D eigenvalue weighted by Gasteiger charge is -2.03. The lowest BCUT2D eigenvalue weighted by molar-refractivity contribution is 0.0965. The van der Waals surface area contributed by atoms with Gasteiger partial charge in [0, 0.05) is 11.5 Å². The van der Waals surface area contributed by atoms with Crippen LogP contribution in [0.2, 0.25) is 0 Å². The maximum atomic E-state index is 12.3. The molecule has 0 aliphatic heterocycles. The summed E-state index contributed by atoms with van der Waals surface area (Å²) in [4.78, 5) is 12.3. The molecule has 2 nitrogen and oxygen atoms in total. The Morgan fingerprint density at radius 2 is 1.74 bits per heavy atom. The zero-order valence-electron chi connectivity index (χ0n) is 10.9. The molecule has 1 fully saturated rings. The fourth-order valence-electron chi connectivity index (χ4n) is 2.52. The fourth-order valence-corrected chi connectivity index (χ4v) is 2.52. The zero-order valence-corrected chi connectivity index (χ0v) is 10.9. The molecule has 96 valence electrons. The van der Waals surface area contributed by atoms with E-state index in [1.165, 1.54) is 5.56 Å². The third-order valence-corrected chi connectivity index (χ3v) is 3.73. The van der Waals surface area contributed by atoms with Gasteiger partial charge in [0.25, 0.3) is 0 Å². The number of ether oxygens (including phenoxy) is 1. The molecule has 1 aliphatic carbocycles. The van der Waals surface area contributed by atoms with Crippen LogP contribution in [0.15, 0.2) is 54.6 Å². The van der Waals surface area contributed by atoms with Gasteiger partial charge >= 0.3 is 0 Å². The largest absolute Gasteiger partial charge is 0.497 e. The van der Waals surface area contributed by atoms with Gasteiger partial charge in [-0.25, -0.2) is 0 Å². The third kappa shape index (κ3) is 2.39. The molecule has 0 bridgehead atoms. The molecule has 0 N–H and O–H groups in total. The van der Waals surface area contributed by atoms with E-state index in [2.05, 4.69) is 12.1 Å². The van der Waals surface area contributed by atoms with Crippen molar-refractivity contribution >= 4 is 5.78 Å². The topological polar surface area (TPSA) is 26.3 Å². The monoisotopic (exact) mass is 252 g/mol. The average molecular weight is 252 g/mol. The molecular formula is C17H16O2. The Bertz CT molecular complexity index is 572. The summed E-state index contributed by atoms with van der Waals surface area (Å²) in [6.07, 6.45) is 0.958. The molecule has 2 atom stereocenters. The van der Waals surface area contributed by atoms with Crippen LogP contribution >= 0.6 is 0 Å². The molecule has 0 radical (unpaired) electrons. The second-order valence-electron chi connectivity index (χ2n) is 4.95. The van der Waals surface area contributed by atoms with Crippen LogP contribution in [0.5, 0.6) is 5.75 Å². The number of hydrogen-bond donors (Lipinski definition) is 0. The van der Waals surface area contributed by atoms with Gasteiger partial charge < -0.3 is 4.74 Å². The molecule has 0 spiro atoms. The fraction of sp³-hybridized carbons (Fsp3) is 0.235. The first-order valence-corrected chi connectivity index (χ1v) is 6.53. The Balaban J connectivity index is 1.72. The van der Waals surface area contributed by atoms with Crippen LogP contribution in [-0.2, 0) is 0 Å². The second-order valence-corrected chi connectivity index (χ2v) is 4.95. The molecule has 0 aromatic heterocycles. The van der Waals surface area contributed by atoms with Gasteiger partial charge in [-0.05, 0) is 30.0 Å². The van der Waals surface area contributed by atoms with E-state index < -0.39 is 0 Å². The summed E-state index contributed by atoms with van der Waals surface area (Å²) >= 11 is 0. The van der Waals surface area contributed by atoms with Gasteiger partial charge in [0.1, 0.15) is 5.75 Å².